The SMILES string of the molecule is O=[N+]([O-])c1cc(Br)cc(CNCC2(O)CCOCC2)c1. The first kappa shape index (κ1) is 15.4. The molecule has 6 nitrogen and oxygen atoms in total. The Balaban J connectivity index is 1.92. The highest BCUT2D eigenvalue weighted by Crippen LogP contribution is 2.22. The van der Waals surface area contributed by atoms with Gasteiger partial charge in [0.05, 0.1) is 10.5 Å². The van der Waals surface area contributed by atoms with Crippen LogP contribution in [0, 0.1) is 10.1 Å². The Hall–Kier alpha value is -1.02. The van der Waals surface area contributed by atoms with Gasteiger partial charge in [-0.05, 0) is 11.6 Å². The smallest absolute Gasteiger partial charge is 0.270 e. The number of nitro benzene ring substituents is 1. The predicted octanol–water partition coefficient (Wildman–Crippen LogP) is 1.99. The fourth-order valence-corrected chi connectivity index (χ4v) is 2.74. The van der Waals surface area contributed by atoms with Gasteiger partial charge in [0.15, 0.2) is 0 Å². The third kappa shape index (κ3) is 4.24. The Labute approximate surface area is 125 Å². The molecule has 110 valence electrons. The highest BCUT2D eigenvalue weighted by atomic mass is 79.9. The van der Waals surface area contributed by atoms with Crippen molar-refractivity contribution < 1.29 is 14.8 Å². The number of nitrogens with one attached hydrogen (secondary N) is 1. The highest BCUT2D eigenvalue weighted by Gasteiger charge is 2.29. The van der Waals surface area contributed by atoms with Crippen LogP contribution in [0.25, 0.3) is 0 Å². The van der Waals surface area contributed by atoms with E-state index in [1.54, 1.807) is 0 Å². The number of aliphatic hydroxyl groups is 1. The van der Waals surface area contributed by atoms with Crippen LogP contribution in [0.4, 0.5) is 5.69 Å². The number of ether oxygens (including phenoxy) is 1. The summed E-state index contributed by atoms with van der Waals surface area (Å²) in [5.74, 6) is 0. The maximum atomic E-state index is 10.8. The van der Waals surface area contributed by atoms with E-state index >= 15 is 0 Å². The van der Waals surface area contributed by atoms with E-state index in [1.807, 2.05) is 6.07 Å². The molecule has 1 aromatic carbocycles. The normalized spacial score (nSPS) is 17.9. The molecule has 0 atom stereocenters. The van der Waals surface area contributed by atoms with Crippen molar-refractivity contribution in [2.45, 2.75) is 25.0 Å². The summed E-state index contributed by atoms with van der Waals surface area (Å²) in [6.07, 6.45) is 1.22. The first-order valence-corrected chi connectivity index (χ1v) is 7.23. The summed E-state index contributed by atoms with van der Waals surface area (Å²) in [6, 6.07) is 4.83. The maximum Gasteiger partial charge on any atom is 0.270 e. The van der Waals surface area contributed by atoms with Crippen LogP contribution < -0.4 is 5.32 Å². The van der Waals surface area contributed by atoms with Gasteiger partial charge in [0.2, 0.25) is 0 Å². The lowest BCUT2D eigenvalue weighted by molar-refractivity contribution is -0.385. The van der Waals surface area contributed by atoms with Gasteiger partial charge < -0.3 is 15.2 Å². The molecule has 0 aromatic heterocycles. The molecular weight excluding hydrogens is 328 g/mol. The molecule has 7 heteroatoms. The number of hydrogen-bond acceptors (Lipinski definition) is 5. The van der Waals surface area contributed by atoms with Crippen LogP contribution in [-0.4, -0.2) is 35.4 Å². The van der Waals surface area contributed by atoms with Crippen LogP contribution in [0.3, 0.4) is 0 Å². The summed E-state index contributed by atoms with van der Waals surface area (Å²) in [5, 5.41) is 24.2. The monoisotopic (exact) mass is 344 g/mol. The third-order valence-electron chi connectivity index (χ3n) is 3.36. The number of halogens is 1. The molecule has 1 fully saturated rings. The molecule has 0 saturated carbocycles. The summed E-state index contributed by atoms with van der Waals surface area (Å²) in [4.78, 5) is 10.4. The van der Waals surface area contributed by atoms with Gasteiger partial charge in [-0.25, -0.2) is 0 Å². The molecule has 1 aliphatic heterocycles. The molecule has 0 bridgehead atoms. The lowest BCUT2D eigenvalue weighted by atomic mass is 9.94. The standard InChI is InChI=1S/C13H17BrN2O4/c14-11-5-10(6-12(7-11)16(18)19)8-15-9-13(17)1-3-20-4-2-13/h5-7,15,17H,1-4,8-9H2. The van der Waals surface area contributed by atoms with Gasteiger partial charge in [0.1, 0.15) is 0 Å². The van der Waals surface area contributed by atoms with E-state index in [-0.39, 0.29) is 5.69 Å². The second kappa shape index (κ2) is 6.62. The molecule has 0 spiro atoms. The molecule has 0 aliphatic carbocycles. The quantitative estimate of drug-likeness (QED) is 0.630. The van der Waals surface area contributed by atoms with E-state index in [1.165, 1.54) is 12.1 Å². The zero-order chi connectivity index (χ0) is 14.6. The average molecular weight is 345 g/mol. The Morgan fingerprint density at radius 3 is 2.75 bits per heavy atom. The van der Waals surface area contributed by atoms with Crippen LogP contribution in [0.2, 0.25) is 0 Å². The Kier molecular flexibility index (Phi) is 5.09. The van der Waals surface area contributed by atoms with Crippen molar-refractivity contribution in [3.8, 4) is 0 Å². The van der Waals surface area contributed by atoms with Gasteiger partial charge in [-0.1, -0.05) is 15.9 Å². The van der Waals surface area contributed by atoms with E-state index < -0.39 is 10.5 Å². The van der Waals surface area contributed by atoms with E-state index in [2.05, 4.69) is 21.2 Å². The van der Waals surface area contributed by atoms with E-state index in [0.29, 0.717) is 43.6 Å². The van der Waals surface area contributed by atoms with E-state index in [0.717, 1.165) is 5.56 Å². The summed E-state index contributed by atoms with van der Waals surface area (Å²) in [7, 11) is 0. The van der Waals surface area contributed by atoms with Crippen LogP contribution >= 0.6 is 15.9 Å². The zero-order valence-corrected chi connectivity index (χ0v) is 12.6. The minimum absolute atomic E-state index is 0.0564. The third-order valence-corrected chi connectivity index (χ3v) is 3.82. The molecule has 1 aromatic rings. The number of hydrogen-bond donors (Lipinski definition) is 2. The van der Waals surface area contributed by atoms with Crippen molar-refractivity contribution in [1.29, 1.82) is 0 Å². The van der Waals surface area contributed by atoms with Crippen molar-refractivity contribution in [3.63, 3.8) is 0 Å². The van der Waals surface area contributed by atoms with Gasteiger partial charge in [0, 0.05) is 55.8 Å². The van der Waals surface area contributed by atoms with E-state index in [9.17, 15) is 15.2 Å². The van der Waals surface area contributed by atoms with Gasteiger partial charge in [-0.3, -0.25) is 10.1 Å². The van der Waals surface area contributed by atoms with Crippen molar-refractivity contribution in [2.24, 2.45) is 0 Å². The van der Waals surface area contributed by atoms with Gasteiger partial charge >= 0.3 is 0 Å². The topological polar surface area (TPSA) is 84.6 Å². The van der Waals surface area contributed by atoms with Crippen LogP contribution in [0.5, 0.6) is 0 Å². The number of nitro groups is 1. The molecule has 0 unspecified atom stereocenters. The molecule has 2 rings (SSSR count). The lowest BCUT2D eigenvalue weighted by Gasteiger charge is -2.32. The van der Waals surface area contributed by atoms with Gasteiger partial charge in [0.25, 0.3) is 5.69 Å². The summed E-state index contributed by atoms with van der Waals surface area (Å²) in [6.45, 7) is 2.07. The molecular formula is C13H17BrN2O4. The number of benzene rings is 1. The Morgan fingerprint density at radius 1 is 1.40 bits per heavy atom. The average Bonchev–Trinajstić information content (AvgIpc) is 2.38. The summed E-state index contributed by atoms with van der Waals surface area (Å²) < 4.78 is 5.89. The molecule has 20 heavy (non-hydrogen) atoms. The second-order valence-electron chi connectivity index (χ2n) is 5.02. The molecule has 1 aliphatic rings. The summed E-state index contributed by atoms with van der Waals surface area (Å²) >= 11 is 3.26. The Bertz CT molecular complexity index is 489. The largest absolute Gasteiger partial charge is 0.388 e. The number of non-ortho nitro benzene ring substituents is 1. The summed E-state index contributed by atoms with van der Waals surface area (Å²) in [5.41, 5.74) is 0.124. The zero-order valence-electron chi connectivity index (χ0n) is 11.0. The van der Waals surface area contributed by atoms with Gasteiger partial charge in [-0.15, -0.1) is 0 Å². The van der Waals surface area contributed by atoms with E-state index in [4.69, 9.17) is 4.74 Å². The first-order chi connectivity index (χ1) is 9.48. The van der Waals surface area contributed by atoms with Gasteiger partial charge in [-0.2, -0.15) is 0 Å². The van der Waals surface area contributed by atoms with Crippen molar-refractivity contribution in [2.75, 3.05) is 19.8 Å². The Morgan fingerprint density at radius 2 is 2.10 bits per heavy atom. The van der Waals surface area contributed by atoms with Crippen LogP contribution in [0.15, 0.2) is 22.7 Å². The van der Waals surface area contributed by atoms with Crippen molar-refractivity contribution in [3.05, 3.63) is 38.3 Å². The maximum absolute atomic E-state index is 10.8. The van der Waals surface area contributed by atoms with Crippen LogP contribution in [-0.2, 0) is 11.3 Å². The first-order valence-electron chi connectivity index (χ1n) is 6.43. The number of nitrogens with zero attached hydrogens (tertiary/aromatic N) is 1. The van der Waals surface area contributed by atoms with Crippen LogP contribution in [0.1, 0.15) is 18.4 Å². The molecule has 0 radical (unpaired) electrons. The molecule has 1 heterocycles. The van der Waals surface area contributed by atoms with Crippen molar-refractivity contribution in [1.82, 2.24) is 5.32 Å². The fourth-order valence-electron chi connectivity index (χ4n) is 2.21. The fraction of sp³-hybridized carbons (Fsp3) is 0.538. The molecule has 2 N–H and O–H groups in total. The molecule has 1 saturated heterocycles. The second-order valence-corrected chi connectivity index (χ2v) is 5.93. The predicted molar refractivity (Wildman–Crippen MR) is 77.5 cm³/mol. The van der Waals surface area contributed by atoms with Crippen molar-refractivity contribution >= 4 is 21.6 Å². The molecule has 0 amide bonds. The lowest BCUT2D eigenvalue weighted by Crippen LogP contribution is -2.44. The minimum atomic E-state index is -0.740. The minimum Gasteiger partial charge on any atom is -0.388 e. The highest BCUT2D eigenvalue weighted by molar-refractivity contribution is 9.10. The number of rotatable bonds is 5.